The topological polar surface area (TPSA) is 87.0 Å². The van der Waals surface area contributed by atoms with E-state index in [1.165, 1.54) is 7.11 Å². The molecule has 0 amide bonds. The molecule has 8 nitrogen and oxygen atoms in total. The lowest BCUT2D eigenvalue weighted by Gasteiger charge is -2.06. The van der Waals surface area contributed by atoms with E-state index >= 15 is 0 Å². The third-order valence-corrected chi connectivity index (χ3v) is 2.25. The van der Waals surface area contributed by atoms with Crippen molar-refractivity contribution in [3.8, 4) is 17.8 Å². The fraction of sp³-hybridized carbons (Fsp3) is 0.455. The average Bonchev–Trinajstić information content (AvgIpc) is 2.86. The zero-order valence-electron chi connectivity index (χ0n) is 11.1. The summed E-state index contributed by atoms with van der Waals surface area (Å²) in [7, 11) is 1.49. The maximum absolute atomic E-state index is 5.52. The standard InChI is InChI=1S/C11H16N6O2/c1-4-12-9-14-10(18-3)16-11(15-9)19-8-6-13-17(5-2)7-8/h6-7H,4-5H2,1-3H3,(H,12,14,15,16). The van der Waals surface area contributed by atoms with Crippen molar-refractivity contribution in [3.63, 3.8) is 0 Å². The second-order valence-corrected chi connectivity index (χ2v) is 3.59. The van der Waals surface area contributed by atoms with Gasteiger partial charge >= 0.3 is 12.0 Å². The van der Waals surface area contributed by atoms with Crippen LogP contribution in [0.25, 0.3) is 0 Å². The van der Waals surface area contributed by atoms with Gasteiger partial charge in [-0.05, 0) is 13.8 Å². The van der Waals surface area contributed by atoms with Gasteiger partial charge in [0, 0.05) is 13.1 Å². The van der Waals surface area contributed by atoms with E-state index in [1.54, 1.807) is 17.1 Å². The summed E-state index contributed by atoms with van der Waals surface area (Å²) in [5.41, 5.74) is 0. The van der Waals surface area contributed by atoms with Crippen LogP contribution in [0.4, 0.5) is 5.95 Å². The molecule has 8 heteroatoms. The molecule has 0 spiro atoms. The molecule has 19 heavy (non-hydrogen) atoms. The van der Waals surface area contributed by atoms with Gasteiger partial charge < -0.3 is 14.8 Å². The van der Waals surface area contributed by atoms with Gasteiger partial charge in [0.1, 0.15) is 0 Å². The monoisotopic (exact) mass is 264 g/mol. The third kappa shape index (κ3) is 3.30. The minimum atomic E-state index is 0.165. The number of hydrogen-bond acceptors (Lipinski definition) is 7. The summed E-state index contributed by atoms with van der Waals surface area (Å²) >= 11 is 0. The second kappa shape index (κ2) is 5.98. The quantitative estimate of drug-likeness (QED) is 0.841. The molecule has 2 aromatic rings. The normalized spacial score (nSPS) is 10.3. The molecule has 102 valence electrons. The first-order valence-electron chi connectivity index (χ1n) is 5.99. The van der Waals surface area contributed by atoms with E-state index in [2.05, 4.69) is 25.4 Å². The smallest absolute Gasteiger partial charge is 0.330 e. The summed E-state index contributed by atoms with van der Waals surface area (Å²) in [5.74, 6) is 0.977. The van der Waals surface area contributed by atoms with Crippen LogP contribution in [0.2, 0.25) is 0 Å². The van der Waals surface area contributed by atoms with E-state index in [1.807, 2.05) is 13.8 Å². The number of aryl methyl sites for hydroxylation is 1. The lowest BCUT2D eigenvalue weighted by molar-refractivity contribution is 0.360. The summed E-state index contributed by atoms with van der Waals surface area (Å²) in [6.45, 7) is 5.40. The number of methoxy groups -OCH3 is 1. The first kappa shape index (κ1) is 13.1. The van der Waals surface area contributed by atoms with Crippen LogP contribution in [-0.2, 0) is 6.54 Å². The zero-order chi connectivity index (χ0) is 13.7. The van der Waals surface area contributed by atoms with Gasteiger partial charge in [0.05, 0.1) is 19.5 Å². The van der Waals surface area contributed by atoms with Crippen molar-refractivity contribution in [2.75, 3.05) is 19.0 Å². The summed E-state index contributed by atoms with van der Waals surface area (Å²) in [4.78, 5) is 12.2. The van der Waals surface area contributed by atoms with Gasteiger partial charge in [0.15, 0.2) is 5.75 Å². The maximum atomic E-state index is 5.52. The largest absolute Gasteiger partial charge is 0.467 e. The van der Waals surface area contributed by atoms with Crippen molar-refractivity contribution in [1.82, 2.24) is 24.7 Å². The molecule has 0 radical (unpaired) electrons. The minimum Gasteiger partial charge on any atom is -0.467 e. The van der Waals surface area contributed by atoms with Crippen molar-refractivity contribution in [3.05, 3.63) is 12.4 Å². The first-order valence-corrected chi connectivity index (χ1v) is 5.99. The van der Waals surface area contributed by atoms with Crippen LogP contribution in [0.5, 0.6) is 17.8 Å². The number of hydrogen-bond donors (Lipinski definition) is 1. The first-order chi connectivity index (χ1) is 9.25. The Balaban J connectivity index is 2.20. The summed E-state index contributed by atoms with van der Waals surface area (Å²) < 4.78 is 12.3. The number of aromatic nitrogens is 5. The van der Waals surface area contributed by atoms with Crippen LogP contribution in [0.3, 0.4) is 0 Å². The lowest BCUT2D eigenvalue weighted by Crippen LogP contribution is -2.06. The molecule has 0 saturated carbocycles. The molecule has 2 heterocycles. The fourth-order valence-electron chi connectivity index (χ4n) is 1.39. The molecular formula is C11H16N6O2. The SMILES string of the molecule is CCNc1nc(OC)nc(Oc2cnn(CC)c2)n1. The molecule has 0 bridgehead atoms. The van der Waals surface area contributed by atoms with Crippen LogP contribution in [0.15, 0.2) is 12.4 Å². The van der Waals surface area contributed by atoms with Gasteiger partial charge in [-0.2, -0.15) is 15.1 Å². The van der Waals surface area contributed by atoms with Crippen LogP contribution in [0, 0.1) is 0 Å². The van der Waals surface area contributed by atoms with Crippen molar-refractivity contribution < 1.29 is 9.47 Å². The van der Waals surface area contributed by atoms with Gasteiger partial charge in [-0.25, -0.2) is 0 Å². The lowest BCUT2D eigenvalue weighted by atomic mass is 10.6. The molecule has 2 aromatic heterocycles. The number of anilines is 1. The Morgan fingerprint density at radius 1 is 1.21 bits per heavy atom. The van der Waals surface area contributed by atoms with E-state index in [-0.39, 0.29) is 12.0 Å². The molecule has 0 fully saturated rings. The van der Waals surface area contributed by atoms with Crippen LogP contribution >= 0.6 is 0 Å². The van der Waals surface area contributed by atoms with Gasteiger partial charge in [-0.3, -0.25) is 4.68 Å². The van der Waals surface area contributed by atoms with E-state index < -0.39 is 0 Å². The van der Waals surface area contributed by atoms with Gasteiger partial charge in [0.25, 0.3) is 0 Å². The van der Waals surface area contributed by atoms with Crippen LogP contribution in [0.1, 0.15) is 13.8 Å². The molecule has 0 atom stereocenters. The Bertz CT molecular complexity index is 542. The number of nitrogens with one attached hydrogen (secondary N) is 1. The molecule has 0 aliphatic carbocycles. The summed E-state index contributed by atoms with van der Waals surface area (Å²) in [5, 5.41) is 7.09. The molecule has 0 aromatic carbocycles. The number of ether oxygens (including phenoxy) is 2. The van der Waals surface area contributed by atoms with E-state index in [9.17, 15) is 0 Å². The Morgan fingerprint density at radius 2 is 2.00 bits per heavy atom. The van der Waals surface area contributed by atoms with Crippen LogP contribution in [-0.4, -0.2) is 38.4 Å². The van der Waals surface area contributed by atoms with Gasteiger partial charge in [-0.15, -0.1) is 4.98 Å². The Morgan fingerprint density at radius 3 is 2.63 bits per heavy atom. The molecular weight excluding hydrogens is 248 g/mol. The highest BCUT2D eigenvalue weighted by atomic mass is 16.5. The highest BCUT2D eigenvalue weighted by Crippen LogP contribution is 2.19. The minimum absolute atomic E-state index is 0.165. The molecule has 0 unspecified atom stereocenters. The number of nitrogens with zero attached hydrogens (tertiary/aromatic N) is 5. The Labute approximate surface area is 110 Å². The Kier molecular flexibility index (Phi) is 4.11. The predicted octanol–water partition coefficient (Wildman–Crippen LogP) is 1.32. The highest BCUT2D eigenvalue weighted by molar-refractivity contribution is 5.28. The predicted molar refractivity (Wildman–Crippen MR) is 68.5 cm³/mol. The zero-order valence-corrected chi connectivity index (χ0v) is 11.1. The molecule has 0 saturated heterocycles. The van der Waals surface area contributed by atoms with Crippen LogP contribution < -0.4 is 14.8 Å². The molecule has 0 aliphatic heterocycles. The van der Waals surface area contributed by atoms with Gasteiger partial charge in [0.2, 0.25) is 5.95 Å². The molecule has 0 aliphatic rings. The third-order valence-electron chi connectivity index (χ3n) is 2.25. The van der Waals surface area contributed by atoms with Crippen molar-refractivity contribution in [1.29, 1.82) is 0 Å². The Hall–Kier alpha value is -2.38. The molecule has 2 rings (SSSR count). The average molecular weight is 264 g/mol. The van der Waals surface area contributed by atoms with Crippen molar-refractivity contribution in [2.24, 2.45) is 0 Å². The van der Waals surface area contributed by atoms with Crippen molar-refractivity contribution >= 4 is 5.95 Å². The van der Waals surface area contributed by atoms with E-state index in [4.69, 9.17) is 9.47 Å². The number of rotatable bonds is 6. The highest BCUT2D eigenvalue weighted by Gasteiger charge is 2.09. The maximum Gasteiger partial charge on any atom is 0.330 e. The van der Waals surface area contributed by atoms with Gasteiger partial charge in [-0.1, -0.05) is 0 Å². The van der Waals surface area contributed by atoms with E-state index in [0.29, 0.717) is 18.2 Å². The van der Waals surface area contributed by atoms with Crippen molar-refractivity contribution in [2.45, 2.75) is 20.4 Å². The summed E-state index contributed by atoms with van der Waals surface area (Å²) in [6.07, 6.45) is 3.37. The van der Waals surface area contributed by atoms with E-state index in [0.717, 1.165) is 6.54 Å². The summed E-state index contributed by atoms with van der Waals surface area (Å²) in [6, 6.07) is 0.363. The second-order valence-electron chi connectivity index (χ2n) is 3.59. The fourth-order valence-corrected chi connectivity index (χ4v) is 1.39. The molecule has 1 N–H and O–H groups in total.